The van der Waals surface area contributed by atoms with Crippen LogP contribution in [0.2, 0.25) is 0 Å². The number of benzene rings is 2. The van der Waals surface area contributed by atoms with Gasteiger partial charge in [-0.05, 0) is 60.3 Å². The average Bonchev–Trinajstić information content (AvgIpc) is 2.97. The monoisotopic (exact) mass is 577 g/mol. The molecule has 4 rings (SSSR count). The summed E-state index contributed by atoms with van der Waals surface area (Å²) in [5.74, 6) is -0.690. The van der Waals surface area contributed by atoms with E-state index in [-0.39, 0.29) is 16.7 Å². The number of aromatic nitrogens is 2. The van der Waals surface area contributed by atoms with Crippen molar-refractivity contribution in [2.24, 2.45) is 5.92 Å². The molecule has 10 nitrogen and oxygen atoms in total. The van der Waals surface area contributed by atoms with E-state index in [4.69, 9.17) is 5.11 Å². The lowest BCUT2D eigenvalue weighted by Crippen LogP contribution is -2.34. The van der Waals surface area contributed by atoms with E-state index in [1.54, 1.807) is 6.92 Å². The number of thioether (sulfide) groups is 1. The largest absolute Gasteiger partial charge is 0.504 e. The normalized spacial score (nSPS) is 13.6. The van der Waals surface area contributed by atoms with Crippen LogP contribution in [0.1, 0.15) is 47.3 Å². The lowest BCUT2D eigenvalue weighted by Gasteiger charge is -2.33. The molecular weight excluding hydrogens is 542 g/mol. The Balaban J connectivity index is 1.31. The number of hydrogen-bond donors (Lipinski definition) is 4. The van der Waals surface area contributed by atoms with Crippen LogP contribution < -0.4 is 15.5 Å². The van der Waals surface area contributed by atoms with Crippen LogP contribution in [0.3, 0.4) is 0 Å². The summed E-state index contributed by atoms with van der Waals surface area (Å²) in [5.41, 5.74) is 4.56. The number of anilines is 1. The SMILES string of the molecule is CCSC(=O)NCc1ccc(-c2ccc(N3CCC(Cc4nc(C)c(O)c(C(=O)NCC(=O)O)n4)CC3)cc2)cc1. The van der Waals surface area contributed by atoms with Gasteiger partial charge in [0.15, 0.2) is 11.4 Å². The number of rotatable bonds is 10. The Labute approximate surface area is 243 Å². The Kier molecular flexibility index (Phi) is 10.2. The molecule has 11 heteroatoms. The maximum Gasteiger partial charge on any atom is 0.322 e. The highest BCUT2D eigenvalue weighted by atomic mass is 32.2. The van der Waals surface area contributed by atoms with E-state index in [9.17, 15) is 19.5 Å². The molecule has 0 unspecified atom stereocenters. The zero-order chi connectivity index (χ0) is 29.4. The summed E-state index contributed by atoms with van der Waals surface area (Å²) < 4.78 is 0. The number of carbonyl (C=O) groups excluding carboxylic acids is 2. The van der Waals surface area contributed by atoms with Crippen LogP contribution in [-0.2, 0) is 17.8 Å². The first kappa shape index (κ1) is 29.9. The van der Waals surface area contributed by atoms with Gasteiger partial charge in [-0.2, -0.15) is 0 Å². The van der Waals surface area contributed by atoms with Gasteiger partial charge in [-0.3, -0.25) is 14.4 Å². The summed E-state index contributed by atoms with van der Waals surface area (Å²) in [6.07, 6.45) is 2.44. The van der Waals surface area contributed by atoms with Crippen LogP contribution in [0.4, 0.5) is 10.5 Å². The predicted molar refractivity (Wildman–Crippen MR) is 159 cm³/mol. The van der Waals surface area contributed by atoms with E-state index < -0.39 is 18.4 Å². The molecule has 2 aromatic carbocycles. The fraction of sp³-hybridized carbons (Fsp3) is 0.367. The lowest BCUT2D eigenvalue weighted by molar-refractivity contribution is -0.135. The summed E-state index contributed by atoms with van der Waals surface area (Å²) in [6, 6.07) is 16.7. The van der Waals surface area contributed by atoms with Gasteiger partial charge >= 0.3 is 5.97 Å². The van der Waals surface area contributed by atoms with Crippen LogP contribution in [-0.4, -0.2) is 62.7 Å². The molecule has 0 aliphatic carbocycles. The van der Waals surface area contributed by atoms with Crippen molar-refractivity contribution in [3.63, 3.8) is 0 Å². The molecular formula is C30H35N5O5S. The van der Waals surface area contributed by atoms with Crippen LogP contribution >= 0.6 is 11.8 Å². The maximum absolute atomic E-state index is 12.3. The number of carbonyl (C=O) groups is 3. The first-order valence-electron chi connectivity index (χ1n) is 13.6. The van der Waals surface area contributed by atoms with Crippen molar-refractivity contribution < 1.29 is 24.6 Å². The fourth-order valence-electron chi connectivity index (χ4n) is 4.80. The molecule has 0 bridgehead atoms. The highest BCUT2D eigenvalue weighted by Crippen LogP contribution is 2.29. The number of carboxylic acids is 1. The molecule has 0 spiro atoms. The van der Waals surface area contributed by atoms with Crippen molar-refractivity contribution >= 4 is 34.6 Å². The zero-order valence-corrected chi connectivity index (χ0v) is 24.0. The minimum atomic E-state index is -1.18. The molecule has 3 aromatic rings. The topological polar surface area (TPSA) is 145 Å². The van der Waals surface area contributed by atoms with Gasteiger partial charge in [0, 0.05) is 31.7 Å². The predicted octanol–water partition coefficient (Wildman–Crippen LogP) is 4.39. The van der Waals surface area contributed by atoms with E-state index in [1.165, 1.54) is 11.8 Å². The quantitative estimate of drug-likeness (QED) is 0.276. The molecule has 2 heterocycles. The lowest BCUT2D eigenvalue weighted by atomic mass is 9.92. The highest BCUT2D eigenvalue weighted by Gasteiger charge is 2.23. The second kappa shape index (κ2) is 14.0. The van der Waals surface area contributed by atoms with Gasteiger partial charge in [-0.15, -0.1) is 0 Å². The molecule has 1 aromatic heterocycles. The molecule has 0 atom stereocenters. The number of carboxylic acid groups (broad SMARTS) is 1. The van der Waals surface area contributed by atoms with Gasteiger partial charge in [0.05, 0.1) is 5.69 Å². The first-order chi connectivity index (χ1) is 19.7. The zero-order valence-electron chi connectivity index (χ0n) is 23.2. The Bertz CT molecular complexity index is 1370. The van der Waals surface area contributed by atoms with E-state index in [1.807, 2.05) is 19.1 Å². The Morgan fingerprint density at radius 1 is 0.976 bits per heavy atom. The molecule has 0 radical (unpaired) electrons. The number of nitrogens with zero attached hydrogens (tertiary/aromatic N) is 3. The van der Waals surface area contributed by atoms with Gasteiger partial charge in [0.25, 0.3) is 11.1 Å². The van der Waals surface area contributed by atoms with E-state index in [0.29, 0.717) is 30.4 Å². The summed E-state index contributed by atoms with van der Waals surface area (Å²) in [6.45, 7) is 5.27. The standard InChI is InChI=1S/C30H35N5O5S/c1-3-41-30(40)32-17-21-4-6-22(7-5-21)23-8-10-24(11-9-23)35-14-12-20(13-15-35)16-25-33-19(2)28(38)27(34-25)29(39)31-18-26(36)37/h4-11,20,38H,3,12-18H2,1-2H3,(H,31,39)(H,32,40)(H,36,37). The van der Waals surface area contributed by atoms with Crippen molar-refractivity contribution in [1.82, 2.24) is 20.6 Å². The maximum atomic E-state index is 12.3. The molecule has 1 aliphatic rings. The number of piperidine rings is 1. The molecule has 2 amide bonds. The van der Waals surface area contributed by atoms with Gasteiger partial charge < -0.3 is 25.7 Å². The minimum Gasteiger partial charge on any atom is -0.504 e. The summed E-state index contributed by atoms with van der Waals surface area (Å²) in [4.78, 5) is 45.7. The second-order valence-corrected chi connectivity index (χ2v) is 11.2. The third kappa shape index (κ3) is 8.20. The summed E-state index contributed by atoms with van der Waals surface area (Å²) in [5, 5.41) is 24.2. The Morgan fingerprint density at radius 3 is 2.22 bits per heavy atom. The van der Waals surface area contributed by atoms with Gasteiger partial charge in [-0.25, -0.2) is 9.97 Å². The van der Waals surface area contributed by atoms with Crippen molar-refractivity contribution in [2.45, 2.75) is 39.7 Å². The van der Waals surface area contributed by atoms with Gasteiger partial charge in [-0.1, -0.05) is 55.1 Å². The number of amides is 2. The van der Waals surface area contributed by atoms with Crippen molar-refractivity contribution in [3.8, 4) is 16.9 Å². The van der Waals surface area contributed by atoms with Gasteiger partial charge in [0.2, 0.25) is 0 Å². The number of hydrogen-bond acceptors (Lipinski definition) is 8. The number of aromatic hydroxyl groups is 1. The molecule has 1 fully saturated rings. The molecule has 1 aliphatic heterocycles. The molecule has 216 valence electrons. The van der Waals surface area contributed by atoms with Crippen LogP contribution in [0.25, 0.3) is 11.1 Å². The van der Waals surface area contributed by atoms with Gasteiger partial charge in [0.1, 0.15) is 12.4 Å². The number of aryl methyl sites for hydroxylation is 1. The second-order valence-electron chi connectivity index (χ2n) is 9.95. The fourth-order valence-corrected chi connectivity index (χ4v) is 5.24. The Hall–Kier alpha value is -4.12. The van der Waals surface area contributed by atoms with Crippen LogP contribution in [0.15, 0.2) is 48.5 Å². The Morgan fingerprint density at radius 2 is 1.61 bits per heavy atom. The highest BCUT2D eigenvalue weighted by molar-refractivity contribution is 8.13. The van der Waals surface area contributed by atoms with E-state index in [0.717, 1.165) is 54.1 Å². The van der Waals surface area contributed by atoms with Crippen LogP contribution in [0.5, 0.6) is 5.75 Å². The average molecular weight is 578 g/mol. The smallest absolute Gasteiger partial charge is 0.322 e. The summed E-state index contributed by atoms with van der Waals surface area (Å²) >= 11 is 1.27. The van der Waals surface area contributed by atoms with E-state index >= 15 is 0 Å². The minimum absolute atomic E-state index is 0.00637. The van der Waals surface area contributed by atoms with Crippen molar-refractivity contribution in [3.05, 3.63) is 71.3 Å². The van der Waals surface area contributed by atoms with E-state index in [2.05, 4.69) is 61.9 Å². The van der Waals surface area contributed by atoms with Crippen molar-refractivity contribution in [2.75, 3.05) is 30.3 Å². The third-order valence-corrected chi connectivity index (χ3v) is 7.73. The summed E-state index contributed by atoms with van der Waals surface area (Å²) in [7, 11) is 0. The number of nitrogens with one attached hydrogen (secondary N) is 2. The molecule has 41 heavy (non-hydrogen) atoms. The van der Waals surface area contributed by atoms with Crippen LogP contribution in [0, 0.1) is 12.8 Å². The molecule has 1 saturated heterocycles. The third-order valence-electron chi connectivity index (χ3n) is 7.04. The first-order valence-corrected chi connectivity index (χ1v) is 14.6. The number of aliphatic carboxylic acids is 1. The molecule has 0 saturated carbocycles. The molecule has 4 N–H and O–H groups in total. The van der Waals surface area contributed by atoms with Crippen molar-refractivity contribution in [1.29, 1.82) is 0 Å².